The van der Waals surface area contributed by atoms with Crippen molar-refractivity contribution in [1.29, 1.82) is 0 Å². The summed E-state index contributed by atoms with van der Waals surface area (Å²) in [6.45, 7) is 2.46. The molecule has 6 heteroatoms. The first kappa shape index (κ1) is 18.4. The summed E-state index contributed by atoms with van der Waals surface area (Å²) >= 11 is 0. The Morgan fingerprint density at radius 2 is 1.89 bits per heavy atom. The third kappa shape index (κ3) is 4.83. The van der Waals surface area contributed by atoms with Crippen LogP contribution in [-0.4, -0.2) is 22.6 Å². The highest BCUT2D eigenvalue weighted by Gasteiger charge is 2.13. The Balaban J connectivity index is 1.77. The summed E-state index contributed by atoms with van der Waals surface area (Å²) in [7, 11) is 0. The monoisotopic (exact) mass is 363 g/mol. The average molecular weight is 363 g/mol. The highest BCUT2D eigenvalue weighted by atomic mass is 16.5. The molecule has 0 spiro atoms. The van der Waals surface area contributed by atoms with Gasteiger partial charge in [-0.1, -0.05) is 12.1 Å². The molecule has 0 aliphatic rings. The van der Waals surface area contributed by atoms with Gasteiger partial charge in [-0.25, -0.2) is 4.98 Å². The topological polar surface area (TPSA) is 83.5 Å². The fraction of sp³-hybridized carbons (Fsp3) is 0.143. The maximum atomic E-state index is 12.7. The van der Waals surface area contributed by atoms with Crippen molar-refractivity contribution in [1.82, 2.24) is 4.98 Å². The molecule has 0 unspecified atom stereocenters. The molecule has 1 heterocycles. The van der Waals surface area contributed by atoms with Crippen LogP contribution in [0.3, 0.4) is 0 Å². The van der Waals surface area contributed by atoms with E-state index in [-0.39, 0.29) is 12.5 Å². The van der Waals surface area contributed by atoms with Gasteiger partial charge >= 0.3 is 0 Å². The number of rotatable bonds is 7. The summed E-state index contributed by atoms with van der Waals surface area (Å²) < 4.78 is 5.43. The molecule has 0 radical (unpaired) electrons. The van der Waals surface area contributed by atoms with Crippen LogP contribution in [0.2, 0.25) is 0 Å². The molecule has 2 aromatic carbocycles. The minimum atomic E-state index is -0.286. The van der Waals surface area contributed by atoms with Gasteiger partial charge in [0.2, 0.25) is 0 Å². The number of aliphatic hydroxyl groups excluding tert-OH is 1. The normalized spacial score (nSPS) is 10.3. The van der Waals surface area contributed by atoms with Gasteiger partial charge < -0.3 is 20.5 Å². The molecule has 138 valence electrons. The summed E-state index contributed by atoms with van der Waals surface area (Å²) in [5.41, 5.74) is 2.56. The summed E-state index contributed by atoms with van der Waals surface area (Å²) in [5, 5.41) is 15.2. The van der Waals surface area contributed by atoms with Gasteiger partial charge in [0.1, 0.15) is 11.6 Å². The van der Waals surface area contributed by atoms with Crippen molar-refractivity contribution >= 4 is 23.1 Å². The van der Waals surface area contributed by atoms with Crippen LogP contribution >= 0.6 is 0 Å². The van der Waals surface area contributed by atoms with Crippen molar-refractivity contribution in [3.63, 3.8) is 0 Å². The molecule has 0 saturated carbocycles. The van der Waals surface area contributed by atoms with Gasteiger partial charge in [-0.05, 0) is 61.0 Å². The molecule has 27 heavy (non-hydrogen) atoms. The number of carbonyl (C=O) groups is 1. The van der Waals surface area contributed by atoms with Crippen LogP contribution in [0.5, 0.6) is 5.75 Å². The first-order valence-corrected chi connectivity index (χ1v) is 8.65. The van der Waals surface area contributed by atoms with Crippen LogP contribution in [0.15, 0.2) is 66.9 Å². The van der Waals surface area contributed by atoms with E-state index < -0.39 is 0 Å². The summed E-state index contributed by atoms with van der Waals surface area (Å²) in [6.07, 6.45) is 1.63. The number of pyridine rings is 1. The predicted molar refractivity (Wildman–Crippen MR) is 105 cm³/mol. The second kappa shape index (κ2) is 8.82. The van der Waals surface area contributed by atoms with Gasteiger partial charge in [0.15, 0.2) is 0 Å². The molecule has 0 saturated heterocycles. The number of nitrogens with one attached hydrogen (secondary N) is 2. The number of nitrogens with zero attached hydrogens (tertiary/aromatic N) is 1. The summed E-state index contributed by atoms with van der Waals surface area (Å²) in [5.74, 6) is 0.954. The lowest BCUT2D eigenvalue weighted by atomic mass is 10.2. The standard InChI is InChI=1S/C21H21N3O3/c1-2-27-18-10-8-16(9-11-18)23-20-19(7-4-12-22-20)21(26)24-17-6-3-5-15(13-17)14-25/h3-13,25H,2,14H2,1H3,(H,22,23)(H,24,26). The number of amides is 1. The first-order valence-electron chi connectivity index (χ1n) is 8.65. The van der Waals surface area contributed by atoms with E-state index in [1.54, 1.807) is 42.6 Å². The Bertz CT molecular complexity index is 911. The average Bonchev–Trinajstić information content (AvgIpc) is 2.70. The van der Waals surface area contributed by atoms with Crippen molar-refractivity contribution < 1.29 is 14.6 Å². The van der Waals surface area contributed by atoms with Crippen LogP contribution in [0, 0.1) is 0 Å². The van der Waals surface area contributed by atoms with Crippen molar-refractivity contribution in [2.24, 2.45) is 0 Å². The highest BCUT2D eigenvalue weighted by Crippen LogP contribution is 2.22. The molecule has 0 aliphatic carbocycles. The Hall–Kier alpha value is -3.38. The quantitative estimate of drug-likeness (QED) is 0.592. The Kier molecular flexibility index (Phi) is 6.02. The van der Waals surface area contributed by atoms with Gasteiger partial charge in [-0.2, -0.15) is 0 Å². The SMILES string of the molecule is CCOc1ccc(Nc2ncccc2C(=O)Nc2cccc(CO)c2)cc1. The zero-order chi connectivity index (χ0) is 19.1. The van der Waals surface area contributed by atoms with Crippen LogP contribution in [0.1, 0.15) is 22.8 Å². The van der Waals surface area contributed by atoms with E-state index in [1.165, 1.54) is 0 Å². The number of carbonyl (C=O) groups excluding carboxylic acids is 1. The second-order valence-corrected chi connectivity index (χ2v) is 5.79. The van der Waals surface area contributed by atoms with Crippen LogP contribution in [0.4, 0.5) is 17.2 Å². The van der Waals surface area contributed by atoms with Crippen LogP contribution in [0.25, 0.3) is 0 Å². The lowest BCUT2D eigenvalue weighted by Gasteiger charge is -2.12. The molecule has 6 nitrogen and oxygen atoms in total. The summed E-state index contributed by atoms with van der Waals surface area (Å²) in [6, 6.07) is 17.9. The smallest absolute Gasteiger partial charge is 0.259 e. The lowest BCUT2D eigenvalue weighted by Crippen LogP contribution is -2.14. The summed E-state index contributed by atoms with van der Waals surface area (Å²) in [4.78, 5) is 17.0. The van der Waals surface area contributed by atoms with Gasteiger partial charge in [0, 0.05) is 17.6 Å². The van der Waals surface area contributed by atoms with E-state index in [0.29, 0.717) is 23.7 Å². The van der Waals surface area contributed by atoms with Crippen molar-refractivity contribution in [3.8, 4) is 5.75 Å². The molecule has 0 aliphatic heterocycles. The van der Waals surface area contributed by atoms with Crippen LogP contribution < -0.4 is 15.4 Å². The number of benzene rings is 2. The van der Waals surface area contributed by atoms with Crippen LogP contribution in [-0.2, 0) is 6.61 Å². The molecule has 0 bridgehead atoms. The molecular formula is C21H21N3O3. The van der Waals surface area contributed by atoms with Crippen molar-refractivity contribution in [2.75, 3.05) is 17.2 Å². The lowest BCUT2D eigenvalue weighted by molar-refractivity contribution is 0.102. The number of ether oxygens (including phenoxy) is 1. The van der Waals surface area contributed by atoms with Crippen molar-refractivity contribution in [3.05, 3.63) is 78.0 Å². The van der Waals surface area contributed by atoms with Gasteiger partial charge in [-0.15, -0.1) is 0 Å². The van der Waals surface area contributed by atoms with Gasteiger partial charge in [0.25, 0.3) is 5.91 Å². The molecule has 3 rings (SSSR count). The minimum absolute atomic E-state index is 0.0822. The molecular weight excluding hydrogens is 342 g/mol. The maximum Gasteiger partial charge on any atom is 0.259 e. The van der Waals surface area contributed by atoms with E-state index in [9.17, 15) is 9.90 Å². The zero-order valence-electron chi connectivity index (χ0n) is 15.0. The van der Waals surface area contributed by atoms with E-state index in [2.05, 4.69) is 15.6 Å². The Morgan fingerprint density at radius 1 is 1.07 bits per heavy atom. The molecule has 3 N–H and O–H groups in total. The largest absolute Gasteiger partial charge is 0.494 e. The third-order valence-corrected chi connectivity index (χ3v) is 3.85. The highest BCUT2D eigenvalue weighted by molar-refractivity contribution is 6.07. The number of anilines is 3. The van der Waals surface area contributed by atoms with E-state index in [4.69, 9.17) is 4.74 Å². The Morgan fingerprint density at radius 3 is 2.63 bits per heavy atom. The number of aliphatic hydroxyl groups is 1. The fourth-order valence-corrected chi connectivity index (χ4v) is 2.57. The molecule has 0 atom stereocenters. The molecule has 1 aromatic heterocycles. The van der Waals surface area contributed by atoms with Gasteiger partial charge in [0.05, 0.1) is 18.8 Å². The molecule has 1 amide bonds. The van der Waals surface area contributed by atoms with E-state index >= 15 is 0 Å². The number of hydrogen-bond acceptors (Lipinski definition) is 5. The molecule has 3 aromatic rings. The van der Waals surface area contributed by atoms with Crippen molar-refractivity contribution in [2.45, 2.75) is 13.5 Å². The number of aromatic nitrogens is 1. The van der Waals surface area contributed by atoms with Gasteiger partial charge in [-0.3, -0.25) is 4.79 Å². The zero-order valence-corrected chi connectivity index (χ0v) is 15.0. The fourth-order valence-electron chi connectivity index (χ4n) is 2.57. The minimum Gasteiger partial charge on any atom is -0.494 e. The Labute approximate surface area is 157 Å². The van der Waals surface area contributed by atoms with E-state index in [1.807, 2.05) is 31.2 Å². The van der Waals surface area contributed by atoms with E-state index in [0.717, 1.165) is 17.0 Å². The maximum absolute atomic E-state index is 12.7. The second-order valence-electron chi connectivity index (χ2n) is 5.79. The molecule has 0 fully saturated rings. The first-order chi connectivity index (χ1) is 13.2. The number of hydrogen-bond donors (Lipinski definition) is 3. The predicted octanol–water partition coefficient (Wildman–Crippen LogP) is 3.97. The third-order valence-electron chi connectivity index (χ3n) is 3.85.